The number of aliphatic carboxylic acids is 1. The molecule has 1 rings (SSSR count). The standard InChI is InChI=1S/C12H16N2O4/c1-3-18-12(17)14-10-6-4-9(5-7-10)13-8(2)11(15)16/h4-8,13H,3H2,1-2H3,(H,14,17)(H,15,16). The first kappa shape index (κ1) is 13.8. The van der Waals surface area contributed by atoms with E-state index in [9.17, 15) is 9.59 Å². The van der Waals surface area contributed by atoms with Crippen LogP contribution in [0, 0.1) is 0 Å². The zero-order chi connectivity index (χ0) is 13.5. The molecule has 0 saturated carbocycles. The second-order valence-electron chi connectivity index (χ2n) is 3.63. The third kappa shape index (κ3) is 4.32. The molecule has 0 bridgehead atoms. The summed E-state index contributed by atoms with van der Waals surface area (Å²) in [5, 5.41) is 14.1. The first-order chi connectivity index (χ1) is 8.52. The SMILES string of the molecule is CCOC(=O)Nc1ccc(NC(C)C(=O)O)cc1. The molecule has 0 spiro atoms. The van der Waals surface area contributed by atoms with E-state index in [0.717, 1.165) is 0 Å². The Balaban J connectivity index is 2.57. The third-order valence-electron chi connectivity index (χ3n) is 2.16. The summed E-state index contributed by atoms with van der Waals surface area (Å²) in [6, 6.07) is 6.01. The molecule has 1 aromatic rings. The van der Waals surface area contributed by atoms with Gasteiger partial charge in [-0.25, -0.2) is 4.79 Å². The molecule has 0 aromatic heterocycles. The molecule has 0 fully saturated rings. The van der Waals surface area contributed by atoms with Crippen LogP contribution in [0.5, 0.6) is 0 Å². The molecule has 0 aliphatic rings. The van der Waals surface area contributed by atoms with Gasteiger partial charge in [0, 0.05) is 11.4 Å². The minimum absolute atomic E-state index is 0.307. The predicted molar refractivity (Wildman–Crippen MR) is 67.8 cm³/mol. The molecule has 3 N–H and O–H groups in total. The summed E-state index contributed by atoms with van der Waals surface area (Å²) >= 11 is 0. The molecule has 1 aromatic carbocycles. The summed E-state index contributed by atoms with van der Waals surface area (Å²) in [4.78, 5) is 21.8. The normalized spacial score (nSPS) is 11.4. The molecule has 0 aliphatic heterocycles. The number of anilines is 2. The van der Waals surface area contributed by atoms with Gasteiger partial charge in [-0.1, -0.05) is 0 Å². The van der Waals surface area contributed by atoms with Gasteiger partial charge in [-0.15, -0.1) is 0 Å². The lowest BCUT2D eigenvalue weighted by atomic mass is 10.2. The Hall–Kier alpha value is -2.24. The van der Waals surface area contributed by atoms with E-state index in [4.69, 9.17) is 9.84 Å². The third-order valence-corrected chi connectivity index (χ3v) is 2.16. The van der Waals surface area contributed by atoms with Crippen LogP contribution in [-0.2, 0) is 9.53 Å². The van der Waals surface area contributed by atoms with Crippen LogP contribution in [0.25, 0.3) is 0 Å². The maximum Gasteiger partial charge on any atom is 0.411 e. The van der Waals surface area contributed by atoms with Crippen molar-refractivity contribution in [2.75, 3.05) is 17.2 Å². The number of ether oxygens (including phenoxy) is 1. The van der Waals surface area contributed by atoms with Crippen molar-refractivity contribution in [3.63, 3.8) is 0 Å². The summed E-state index contributed by atoms with van der Waals surface area (Å²) in [7, 11) is 0. The largest absolute Gasteiger partial charge is 0.480 e. The van der Waals surface area contributed by atoms with E-state index < -0.39 is 18.1 Å². The fourth-order valence-corrected chi connectivity index (χ4v) is 1.25. The molecule has 1 atom stereocenters. The number of carboxylic acids is 1. The van der Waals surface area contributed by atoms with Gasteiger partial charge in [0.05, 0.1) is 6.61 Å². The number of amides is 1. The Morgan fingerprint density at radius 2 is 1.83 bits per heavy atom. The minimum Gasteiger partial charge on any atom is -0.480 e. The molecule has 6 nitrogen and oxygen atoms in total. The van der Waals surface area contributed by atoms with Gasteiger partial charge in [-0.3, -0.25) is 10.1 Å². The maximum absolute atomic E-state index is 11.1. The van der Waals surface area contributed by atoms with Gasteiger partial charge in [0.15, 0.2) is 0 Å². The molecule has 1 amide bonds. The van der Waals surface area contributed by atoms with Crippen molar-refractivity contribution in [2.45, 2.75) is 19.9 Å². The molecule has 0 heterocycles. The maximum atomic E-state index is 11.1. The van der Waals surface area contributed by atoms with Crippen LogP contribution >= 0.6 is 0 Å². The molecule has 0 saturated heterocycles. The van der Waals surface area contributed by atoms with Gasteiger partial charge in [0.25, 0.3) is 0 Å². The van der Waals surface area contributed by atoms with E-state index >= 15 is 0 Å². The lowest BCUT2D eigenvalue weighted by molar-refractivity contribution is -0.137. The highest BCUT2D eigenvalue weighted by atomic mass is 16.5. The highest BCUT2D eigenvalue weighted by Crippen LogP contribution is 2.14. The topological polar surface area (TPSA) is 87.7 Å². The fourth-order valence-electron chi connectivity index (χ4n) is 1.25. The Kier molecular flexibility index (Phi) is 4.98. The number of hydrogen-bond acceptors (Lipinski definition) is 4. The van der Waals surface area contributed by atoms with Crippen LogP contribution in [0.4, 0.5) is 16.2 Å². The quantitative estimate of drug-likeness (QED) is 0.747. The Labute approximate surface area is 105 Å². The fraction of sp³-hybridized carbons (Fsp3) is 0.333. The van der Waals surface area contributed by atoms with Crippen LogP contribution in [0.15, 0.2) is 24.3 Å². The number of carbonyl (C=O) groups is 2. The van der Waals surface area contributed by atoms with Crippen molar-refractivity contribution >= 4 is 23.4 Å². The average Bonchev–Trinajstić information content (AvgIpc) is 2.31. The van der Waals surface area contributed by atoms with Crippen LogP contribution < -0.4 is 10.6 Å². The molecule has 18 heavy (non-hydrogen) atoms. The van der Waals surface area contributed by atoms with Gasteiger partial charge < -0.3 is 15.2 Å². The summed E-state index contributed by atoms with van der Waals surface area (Å²) in [6.45, 7) is 3.58. The number of nitrogens with one attached hydrogen (secondary N) is 2. The second kappa shape index (κ2) is 6.48. The average molecular weight is 252 g/mol. The first-order valence-corrected chi connectivity index (χ1v) is 5.56. The lowest BCUT2D eigenvalue weighted by Gasteiger charge is -2.11. The van der Waals surface area contributed by atoms with Crippen molar-refractivity contribution in [3.8, 4) is 0 Å². The Morgan fingerprint density at radius 1 is 1.28 bits per heavy atom. The number of benzene rings is 1. The smallest absolute Gasteiger partial charge is 0.411 e. The molecular formula is C12H16N2O4. The molecule has 6 heteroatoms. The number of carboxylic acid groups (broad SMARTS) is 1. The molecule has 0 radical (unpaired) electrons. The van der Waals surface area contributed by atoms with Crippen molar-refractivity contribution in [1.29, 1.82) is 0 Å². The monoisotopic (exact) mass is 252 g/mol. The molecule has 0 aliphatic carbocycles. The first-order valence-electron chi connectivity index (χ1n) is 5.56. The number of carbonyl (C=O) groups excluding carboxylic acids is 1. The van der Waals surface area contributed by atoms with Gasteiger partial charge >= 0.3 is 12.1 Å². The van der Waals surface area contributed by atoms with Crippen LogP contribution in [-0.4, -0.2) is 29.8 Å². The summed E-state index contributed by atoms with van der Waals surface area (Å²) < 4.78 is 4.73. The zero-order valence-corrected chi connectivity index (χ0v) is 10.3. The van der Waals surface area contributed by atoms with E-state index in [1.165, 1.54) is 0 Å². The molecular weight excluding hydrogens is 236 g/mol. The highest BCUT2D eigenvalue weighted by molar-refractivity contribution is 5.85. The number of hydrogen-bond donors (Lipinski definition) is 3. The van der Waals surface area contributed by atoms with E-state index in [1.807, 2.05) is 0 Å². The molecule has 98 valence electrons. The predicted octanol–water partition coefficient (Wildman–Crippen LogP) is 2.14. The van der Waals surface area contributed by atoms with Gasteiger partial charge in [-0.05, 0) is 38.1 Å². The van der Waals surface area contributed by atoms with E-state index in [2.05, 4.69) is 10.6 Å². The highest BCUT2D eigenvalue weighted by Gasteiger charge is 2.09. The summed E-state index contributed by atoms with van der Waals surface area (Å²) in [5.41, 5.74) is 1.25. The lowest BCUT2D eigenvalue weighted by Crippen LogP contribution is -2.25. The van der Waals surface area contributed by atoms with Crippen LogP contribution in [0.3, 0.4) is 0 Å². The Morgan fingerprint density at radius 3 is 2.33 bits per heavy atom. The van der Waals surface area contributed by atoms with E-state index in [1.54, 1.807) is 38.1 Å². The van der Waals surface area contributed by atoms with E-state index in [-0.39, 0.29) is 0 Å². The Bertz CT molecular complexity index is 417. The van der Waals surface area contributed by atoms with Gasteiger partial charge in [-0.2, -0.15) is 0 Å². The molecule has 1 unspecified atom stereocenters. The van der Waals surface area contributed by atoms with Crippen LogP contribution in [0.1, 0.15) is 13.8 Å². The number of rotatable bonds is 5. The van der Waals surface area contributed by atoms with Crippen molar-refractivity contribution < 1.29 is 19.4 Å². The summed E-state index contributed by atoms with van der Waals surface area (Å²) in [5.74, 6) is -0.927. The van der Waals surface area contributed by atoms with Crippen molar-refractivity contribution in [1.82, 2.24) is 0 Å². The van der Waals surface area contributed by atoms with Gasteiger partial charge in [0.2, 0.25) is 0 Å². The summed E-state index contributed by atoms with van der Waals surface area (Å²) in [6.07, 6.45) is -0.517. The van der Waals surface area contributed by atoms with Gasteiger partial charge in [0.1, 0.15) is 6.04 Å². The zero-order valence-electron chi connectivity index (χ0n) is 10.3. The minimum atomic E-state index is -0.927. The van der Waals surface area contributed by atoms with Crippen LogP contribution in [0.2, 0.25) is 0 Å². The van der Waals surface area contributed by atoms with Crippen molar-refractivity contribution in [3.05, 3.63) is 24.3 Å². The van der Waals surface area contributed by atoms with Crippen molar-refractivity contribution in [2.24, 2.45) is 0 Å². The van der Waals surface area contributed by atoms with E-state index in [0.29, 0.717) is 18.0 Å². The second-order valence-corrected chi connectivity index (χ2v) is 3.63.